The molecule has 2 aromatic rings. The van der Waals surface area contributed by atoms with E-state index in [2.05, 4.69) is 31.1 Å². The number of piperazine rings is 1. The van der Waals surface area contributed by atoms with E-state index in [1.54, 1.807) is 28.0 Å². The lowest BCUT2D eigenvalue weighted by molar-refractivity contribution is -0.119. The lowest BCUT2D eigenvalue weighted by Crippen LogP contribution is -2.48. The zero-order chi connectivity index (χ0) is 21.0. The van der Waals surface area contributed by atoms with Gasteiger partial charge >= 0.3 is 0 Å². The van der Waals surface area contributed by atoms with Gasteiger partial charge in [0.1, 0.15) is 11.4 Å². The molecule has 2 heterocycles. The normalized spacial score (nSPS) is 14.4. The van der Waals surface area contributed by atoms with Crippen LogP contribution in [0.1, 0.15) is 47.3 Å². The minimum atomic E-state index is -0.359. The van der Waals surface area contributed by atoms with Crippen molar-refractivity contribution in [2.24, 2.45) is 0 Å². The van der Waals surface area contributed by atoms with Gasteiger partial charge in [0.05, 0.1) is 0 Å². The number of aromatic nitrogens is 1. The van der Waals surface area contributed by atoms with Crippen molar-refractivity contribution < 1.29 is 14.4 Å². The Morgan fingerprint density at radius 2 is 1.62 bits per heavy atom. The summed E-state index contributed by atoms with van der Waals surface area (Å²) >= 11 is 0. The Morgan fingerprint density at radius 3 is 2.28 bits per heavy atom. The molecule has 0 unspecified atom stereocenters. The van der Waals surface area contributed by atoms with Crippen LogP contribution < -0.4 is 5.32 Å². The lowest BCUT2D eigenvalue weighted by Gasteiger charge is -2.32. The van der Waals surface area contributed by atoms with Gasteiger partial charge in [0.15, 0.2) is 0 Å². The Bertz CT molecular complexity index is 912. The highest BCUT2D eigenvalue weighted by Crippen LogP contribution is 2.29. The van der Waals surface area contributed by atoms with E-state index in [9.17, 15) is 14.4 Å². The van der Waals surface area contributed by atoms with E-state index >= 15 is 0 Å². The molecular formula is C22H26N4O3. The largest absolute Gasteiger partial charge is 0.342 e. The predicted octanol–water partition coefficient (Wildman–Crippen LogP) is 2.55. The van der Waals surface area contributed by atoms with Crippen molar-refractivity contribution in [2.45, 2.75) is 26.2 Å². The minimum Gasteiger partial charge on any atom is -0.342 e. The predicted molar refractivity (Wildman–Crippen MR) is 111 cm³/mol. The van der Waals surface area contributed by atoms with Gasteiger partial charge in [-0.05, 0) is 29.2 Å². The van der Waals surface area contributed by atoms with E-state index in [4.69, 9.17) is 0 Å². The van der Waals surface area contributed by atoms with Crippen molar-refractivity contribution in [2.75, 3.05) is 31.5 Å². The number of anilines is 1. The van der Waals surface area contributed by atoms with Crippen LogP contribution in [0.3, 0.4) is 0 Å². The molecule has 0 aliphatic carbocycles. The third-order valence-electron chi connectivity index (χ3n) is 4.93. The molecule has 152 valence electrons. The van der Waals surface area contributed by atoms with Gasteiger partial charge < -0.3 is 15.1 Å². The fraction of sp³-hybridized carbons (Fsp3) is 0.364. The topological polar surface area (TPSA) is 82.6 Å². The molecule has 1 saturated heterocycles. The number of carbonyl (C=O) groups is 3. The summed E-state index contributed by atoms with van der Waals surface area (Å²) in [4.78, 5) is 43.9. The molecule has 7 heteroatoms. The molecule has 0 saturated carbocycles. The second kappa shape index (κ2) is 8.43. The fourth-order valence-corrected chi connectivity index (χ4v) is 3.31. The van der Waals surface area contributed by atoms with Crippen molar-refractivity contribution in [3.8, 4) is 0 Å². The van der Waals surface area contributed by atoms with E-state index in [-0.39, 0.29) is 28.6 Å². The van der Waals surface area contributed by atoms with Crippen molar-refractivity contribution in [3.05, 3.63) is 59.4 Å². The zero-order valence-electron chi connectivity index (χ0n) is 17.0. The third kappa shape index (κ3) is 4.80. The Balaban J connectivity index is 1.75. The Morgan fingerprint density at radius 1 is 0.966 bits per heavy atom. The van der Waals surface area contributed by atoms with Gasteiger partial charge in [0.25, 0.3) is 11.8 Å². The summed E-state index contributed by atoms with van der Waals surface area (Å²) in [5.41, 5.74) is 2.04. The Hall–Kier alpha value is -3.22. The van der Waals surface area contributed by atoms with Gasteiger partial charge in [-0.2, -0.15) is 0 Å². The van der Waals surface area contributed by atoms with Crippen LogP contribution in [0.15, 0.2) is 42.5 Å². The number of hydrogen-bond acceptors (Lipinski definition) is 4. The summed E-state index contributed by atoms with van der Waals surface area (Å²) in [5, 5.41) is 2.92. The molecule has 1 fully saturated rings. The highest BCUT2D eigenvalue weighted by molar-refractivity contribution is 6.04. The first-order chi connectivity index (χ1) is 13.8. The maximum atomic E-state index is 12.8. The molecule has 0 bridgehead atoms. The quantitative estimate of drug-likeness (QED) is 0.808. The number of pyridine rings is 1. The molecule has 1 aromatic carbocycles. The van der Waals surface area contributed by atoms with Gasteiger partial charge in [-0.15, -0.1) is 0 Å². The first-order valence-corrected chi connectivity index (χ1v) is 9.66. The van der Waals surface area contributed by atoms with E-state index < -0.39 is 0 Å². The van der Waals surface area contributed by atoms with Crippen molar-refractivity contribution in [1.29, 1.82) is 0 Å². The molecule has 1 aromatic heterocycles. The number of carbonyl (C=O) groups excluding carboxylic acids is 3. The van der Waals surface area contributed by atoms with Crippen LogP contribution in [-0.2, 0) is 10.2 Å². The third-order valence-corrected chi connectivity index (χ3v) is 4.93. The molecule has 1 aliphatic rings. The van der Waals surface area contributed by atoms with Crippen molar-refractivity contribution in [1.82, 2.24) is 14.8 Å². The van der Waals surface area contributed by atoms with Gasteiger partial charge in [-0.25, -0.2) is 4.98 Å². The van der Waals surface area contributed by atoms with Crippen LogP contribution in [0.25, 0.3) is 0 Å². The number of para-hydroxylation sites is 1. The molecule has 3 amide bonds. The molecule has 1 N–H and O–H groups in total. The second-order valence-electron chi connectivity index (χ2n) is 8.09. The lowest BCUT2D eigenvalue weighted by atomic mass is 9.86. The Kier molecular flexibility index (Phi) is 5.96. The molecule has 0 radical (unpaired) electrons. The smallest absolute Gasteiger partial charge is 0.274 e. The standard InChI is InChI=1S/C22H26N4O3/c1-22(2,3)16-7-4-5-8-17(16)24-20(28)18-9-6-10-19(23-18)21(29)26-13-11-25(15-27)12-14-26/h4-10,15H,11-14H2,1-3H3,(H,24,28). The van der Waals surface area contributed by atoms with E-state index in [0.29, 0.717) is 26.2 Å². The van der Waals surface area contributed by atoms with Gasteiger partial charge in [0, 0.05) is 31.9 Å². The summed E-state index contributed by atoms with van der Waals surface area (Å²) in [5.74, 6) is -0.595. The number of amides is 3. The molecule has 7 nitrogen and oxygen atoms in total. The number of hydrogen-bond donors (Lipinski definition) is 1. The van der Waals surface area contributed by atoms with E-state index in [1.165, 1.54) is 0 Å². The monoisotopic (exact) mass is 394 g/mol. The summed E-state index contributed by atoms with van der Waals surface area (Å²) in [6.07, 6.45) is 0.792. The van der Waals surface area contributed by atoms with Crippen LogP contribution >= 0.6 is 0 Å². The zero-order valence-corrected chi connectivity index (χ0v) is 17.0. The summed E-state index contributed by atoms with van der Waals surface area (Å²) in [6, 6.07) is 12.5. The average Bonchev–Trinajstić information content (AvgIpc) is 2.73. The van der Waals surface area contributed by atoms with Gasteiger partial charge in [0.2, 0.25) is 6.41 Å². The first-order valence-electron chi connectivity index (χ1n) is 9.66. The first kappa shape index (κ1) is 20.5. The van der Waals surface area contributed by atoms with Crippen LogP contribution in [-0.4, -0.2) is 59.2 Å². The second-order valence-corrected chi connectivity index (χ2v) is 8.09. The summed E-state index contributed by atoms with van der Waals surface area (Å²) in [7, 11) is 0. The fourth-order valence-electron chi connectivity index (χ4n) is 3.31. The molecular weight excluding hydrogens is 368 g/mol. The summed E-state index contributed by atoms with van der Waals surface area (Å²) in [6.45, 7) is 8.15. The van der Waals surface area contributed by atoms with Gasteiger partial charge in [-0.1, -0.05) is 45.0 Å². The van der Waals surface area contributed by atoms with Crippen LogP contribution in [0.5, 0.6) is 0 Å². The highest BCUT2D eigenvalue weighted by atomic mass is 16.2. The average molecular weight is 394 g/mol. The van der Waals surface area contributed by atoms with Crippen molar-refractivity contribution >= 4 is 23.9 Å². The number of nitrogens with zero attached hydrogens (tertiary/aromatic N) is 3. The maximum Gasteiger partial charge on any atom is 0.274 e. The summed E-state index contributed by atoms with van der Waals surface area (Å²) < 4.78 is 0. The highest BCUT2D eigenvalue weighted by Gasteiger charge is 2.24. The maximum absolute atomic E-state index is 12.8. The van der Waals surface area contributed by atoms with Crippen LogP contribution in [0, 0.1) is 0 Å². The minimum absolute atomic E-state index is 0.126. The number of benzene rings is 1. The number of nitrogens with one attached hydrogen (secondary N) is 1. The molecule has 3 rings (SSSR count). The van der Waals surface area contributed by atoms with Gasteiger partial charge in [-0.3, -0.25) is 14.4 Å². The number of rotatable bonds is 4. The SMILES string of the molecule is CC(C)(C)c1ccccc1NC(=O)c1cccc(C(=O)N2CCN(C=O)CC2)n1. The molecule has 0 spiro atoms. The van der Waals surface area contributed by atoms with Crippen LogP contribution in [0.4, 0.5) is 5.69 Å². The molecule has 0 atom stereocenters. The van der Waals surface area contributed by atoms with Crippen molar-refractivity contribution in [3.63, 3.8) is 0 Å². The van der Waals surface area contributed by atoms with E-state index in [1.807, 2.05) is 24.3 Å². The van der Waals surface area contributed by atoms with Crippen LogP contribution in [0.2, 0.25) is 0 Å². The van der Waals surface area contributed by atoms with E-state index in [0.717, 1.165) is 17.7 Å². The molecule has 29 heavy (non-hydrogen) atoms. The molecule has 1 aliphatic heterocycles. The Labute approximate surface area is 170 Å².